The molecular weight excluding hydrogens is 300 g/mol. The molecule has 1 fully saturated rings. The number of aromatic nitrogens is 2. The smallest absolute Gasteiger partial charge is 0.267 e. The van der Waals surface area contributed by atoms with Crippen LogP contribution in [0.25, 0.3) is 0 Å². The summed E-state index contributed by atoms with van der Waals surface area (Å²) in [6.07, 6.45) is 3.84. The Balaban J connectivity index is 1.70. The lowest BCUT2D eigenvalue weighted by Crippen LogP contribution is -2.32. The molecule has 1 aliphatic heterocycles. The number of thiophene rings is 1. The lowest BCUT2D eigenvalue weighted by atomic mass is 10.1. The van der Waals surface area contributed by atoms with Gasteiger partial charge in [0, 0.05) is 17.5 Å². The first kappa shape index (κ1) is 15.1. The number of methoxy groups -OCH3 is 1. The van der Waals surface area contributed by atoms with Crippen molar-refractivity contribution in [3.05, 3.63) is 28.6 Å². The molecule has 0 unspecified atom stereocenters. The van der Waals surface area contributed by atoms with Crippen molar-refractivity contribution in [1.29, 1.82) is 0 Å². The van der Waals surface area contributed by atoms with Gasteiger partial charge in [-0.3, -0.25) is 4.79 Å². The van der Waals surface area contributed by atoms with E-state index in [1.165, 1.54) is 11.3 Å². The minimum atomic E-state index is -0.122. The number of likely N-dealkylation sites (tertiary alicyclic amines) is 1. The molecule has 1 aliphatic rings. The second kappa shape index (κ2) is 6.50. The fraction of sp³-hybridized carbons (Fsp3) is 0.467. The van der Waals surface area contributed by atoms with Gasteiger partial charge in [-0.1, -0.05) is 0 Å². The van der Waals surface area contributed by atoms with Crippen LogP contribution < -0.4 is 10.1 Å². The monoisotopic (exact) mass is 320 g/mol. The van der Waals surface area contributed by atoms with E-state index in [9.17, 15) is 4.79 Å². The van der Waals surface area contributed by atoms with Gasteiger partial charge in [-0.15, -0.1) is 11.3 Å². The number of carbonyl (C=O) groups excluding carboxylic acids is 1. The molecule has 1 N–H and O–H groups in total. The van der Waals surface area contributed by atoms with Crippen LogP contribution in [0.15, 0.2) is 23.7 Å². The predicted molar refractivity (Wildman–Crippen MR) is 86.8 cm³/mol. The molecule has 3 rings (SSSR count). The lowest BCUT2D eigenvalue weighted by molar-refractivity contribution is 0.102. The van der Waals surface area contributed by atoms with Crippen molar-refractivity contribution in [2.24, 2.45) is 0 Å². The van der Waals surface area contributed by atoms with Crippen molar-refractivity contribution in [1.82, 2.24) is 14.7 Å². The molecule has 2 aromatic rings. The summed E-state index contributed by atoms with van der Waals surface area (Å²) in [5.74, 6) is 1.34. The fourth-order valence-corrected chi connectivity index (χ4v) is 3.42. The van der Waals surface area contributed by atoms with E-state index in [0.29, 0.717) is 16.7 Å². The Morgan fingerprint density at radius 3 is 2.91 bits per heavy atom. The van der Waals surface area contributed by atoms with Crippen LogP contribution in [0.2, 0.25) is 0 Å². The maximum absolute atomic E-state index is 12.3. The van der Waals surface area contributed by atoms with Crippen LogP contribution in [0.3, 0.4) is 0 Å². The van der Waals surface area contributed by atoms with E-state index >= 15 is 0 Å². The number of piperidine rings is 1. The van der Waals surface area contributed by atoms with Crippen LogP contribution in [-0.4, -0.2) is 47.8 Å². The van der Waals surface area contributed by atoms with Crippen LogP contribution >= 0.6 is 11.3 Å². The van der Waals surface area contributed by atoms with Crippen LogP contribution in [-0.2, 0) is 0 Å². The topological polar surface area (TPSA) is 59.4 Å². The molecule has 0 aliphatic carbocycles. The van der Waals surface area contributed by atoms with Crippen molar-refractivity contribution in [2.45, 2.75) is 18.9 Å². The number of hydrogen-bond acceptors (Lipinski definition) is 5. The molecule has 7 heteroatoms. The van der Waals surface area contributed by atoms with Crippen molar-refractivity contribution >= 4 is 23.1 Å². The highest BCUT2D eigenvalue weighted by Crippen LogP contribution is 2.26. The Morgan fingerprint density at radius 1 is 1.45 bits per heavy atom. The first-order valence-corrected chi connectivity index (χ1v) is 8.21. The van der Waals surface area contributed by atoms with Crippen LogP contribution in [0.4, 0.5) is 5.82 Å². The number of ether oxygens (including phenoxy) is 1. The van der Waals surface area contributed by atoms with Gasteiger partial charge in [0.05, 0.1) is 24.2 Å². The van der Waals surface area contributed by atoms with Crippen LogP contribution in [0.1, 0.15) is 28.6 Å². The number of amides is 1. The molecule has 0 spiro atoms. The summed E-state index contributed by atoms with van der Waals surface area (Å²) in [6.45, 7) is 2.11. The first-order valence-electron chi connectivity index (χ1n) is 7.33. The highest BCUT2D eigenvalue weighted by molar-refractivity contribution is 7.12. The van der Waals surface area contributed by atoms with Crippen LogP contribution in [0.5, 0.6) is 5.75 Å². The molecule has 22 heavy (non-hydrogen) atoms. The summed E-state index contributed by atoms with van der Waals surface area (Å²) in [4.78, 5) is 15.3. The average Bonchev–Trinajstić information content (AvgIpc) is 3.17. The molecule has 0 aromatic carbocycles. The number of anilines is 1. The van der Waals surface area contributed by atoms with Gasteiger partial charge in [-0.05, 0) is 33.0 Å². The van der Waals surface area contributed by atoms with Gasteiger partial charge in [0.25, 0.3) is 5.91 Å². The molecule has 0 radical (unpaired) electrons. The number of hydrogen-bond donors (Lipinski definition) is 1. The van der Waals surface area contributed by atoms with Crippen molar-refractivity contribution in [3.8, 4) is 5.75 Å². The normalized spacial score (nSPS) is 16.6. The fourth-order valence-electron chi connectivity index (χ4n) is 2.67. The third kappa shape index (κ3) is 3.15. The van der Waals surface area contributed by atoms with E-state index in [0.717, 1.165) is 31.7 Å². The lowest BCUT2D eigenvalue weighted by Gasteiger charge is -2.29. The van der Waals surface area contributed by atoms with Gasteiger partial charge in [-0.2, -0.15) is 5.10 Å². The highest BCUT2D eigenvalue weighted by atomic mass is 32.1. The number of nitrogens with zero attached hydrogens (tertiary/aromatic N) is 3. The van der Waals surface area contributed by atoms with E-state index in [-0.39, 0.29) is 5.91 Å². The van der Waals surface area contributed by atoms with Crippen molar-refractivity contribution in [3.63, 3.8) is 0 Å². The summed E-state index contributed by atoms with van der Waals surface area (Å²) in [5, 5.41) is 9.17. The average molecular weight is 320 g/mol. The molecule has 1 saturated heterocycles. The molecule has 2 aromatic heterocycles. The molecule has 0 saturated carbocycles. The van der Waals surface area contributed by atoms with Gasteiger partial charge in [0.2, 0.25) is 0 Å². The predicted octanol–water partition coefficient (Wildman–Crippen LogP) is 2.47. The number of rotatable bonds is 4. The van der Waals surface area contributed by atoms with Gasteiger partial charge in [-0.25, -0.2) is 4.68 Å². The minimum Gasteiger partial charge on any atom is -0.496 e. The summed E-state index contributed by atoms with van der Waals surface area (Å²) in [5.41, 5.74) is 0. The summed E-state index contributed by atoms with van der Waals surface area (Å²) >= 11 is 1.37. The van der Waals surface area contributed by atoms with Gasteiger partial charge in [0.15, 0.2) is 0 Å². The second-order valence-corrected chi connectivity index (χ2v) is 6.41. The van der Waals surface area contributed by atoms with E-state index in [1.54, 1.807) is 19.4 Å². The zero-order valence-corrected chi connectivity index (χ0v) is 13.6. The van der Waals surface area contributed by atoms with Crippen LogP contribution in [0, 0.1) is 0 Å². The number of nitrogens with one attached hydrogen (secondary N) is 1. The summed E-state index contributed by atoms with van der Waals surface area (Å²) in [6, 6.07) is 3.94. The largest absolute Gasteiger partial charge is 0.496 e. The van der Waals surface area contributed by atoms with Gasteiger partial charge < -0.3 is 15.0 Å². The molecule has 1 amide bonds. The van der Waals surface area contributed by atoms with Gasteiger partial charge in [0.1, 0.15) is 11.6 Å². The molecular formula is C15H20N4O2S. The summed E-state index contributed by atoms with van der Waals surface area (Å²) < 4.78 is 7.06. The van der Waals surface area contributed by atoms with E-state index in [4.69, 9.17) is 4.74 Å². The Hall–Kier alpha value is -1.86. The van der Waals surface area contributed by atoms with E-state index in [1.807, 2.05) is 16.1 Å². The highest BCUT2D eigenvalue weighted by Gasteiger charge is 2.21. The Kier molecular flexibility index (Phi) is 4.44. The maximum atomic E-state index is 12.3. The standard InChI is InChI=1S/C15H20N4O2S/c1-18-7-4-11(5-8-18)19-14(3-6-16-19)17-15(20)13-9-12(21-2)10-22-13/h3,6,9-11H,4-5,7-8H2,1-2H3,(H,17,20). The molecule has 6 nitrogen and oxygen atoms in total. The Morgan fingerprint density at radius 2 is 2.23 bits per heavy atom. The minimum absolute atomic E-state index is 0.122. The SMILES string of the molecule is COc1csc(C(=O)Nc2ccnn2C2CCN(C)CC2)c1. The molecule has 0 bridgehead atoms. The molecule has 0 atom stereocenters. The second-order valence-electron chi connectivity index (χ2n) is 5.50. The van der Waals surface area contributed by atoms with Gasteiger partial charge >= 0.3 is 0 Å². The molecule has 118 valence electrons. The Labute approximate surface area is 133 Å². The number of carbonyl (C=O) groups is 1. The first-order chi connectivity index (χ1) is 10.7. The summed E-state index contributed by atoms with van der Waals surface area (Å²) in [7, 11) is 3.73. The molecule has 3 heterocycles. The quantitative estimate of drug-likeness (QED) is 0.940. The Bertz CT molecular complexity index is 644. The zero-order valence-electron chi connectivity index (χ0n) is 12.8. The van der Waals surface area contributed by atoms with Crippen molar-refractivity contribution in [2.75, 3.05) is 32.6 Å². The van der Waals surface area contributed by atoms with E-state index in [2.05, 4.69) is 22.4 Å². The van der Waals surface area contributed by atoms with Crippen molar-refractivity contribution < 1.29 is 9.53 Å². The van der Waals surface area contributed by atoms with E-state index < -0.39 is 0 Å². The zero-order chi connectivity index (χ0) is 15.5. The third-order valence-corrected chi connectivity index (χ3v) is 4.89. The maximum Gasteiger partial charge on any atom is 0.267 e. The third-order valence-electron chi connectivity index (χ3n) is 3.98.